The summed E-state index contributed by atoms with van der Waals surface area (Å²) in [5.74, 6) is 5.68. The molecule has 47 heavy (non-hydrogen) atoms. The topological polar surface area (TPSA) is 44.9 Å². The predicted molar refractivity (Wildman–Crippen MR) is 186 cm³/mol. The van der Waals surface area contributed by atoms with E-state index < -0.39 is 0 Å². The Hall–Kier alpha value is -5.16. The average molecular weight is 613 g/mol. The SMILES string of the molecule is c1ccc(C2(c3ccnc(-n4c5ccccc5c5ccc(Oc6cccc(-n7ccnc7)c6)cc54)c3)C3CC4CC(C3)CC2C4)cc1. The van der Waals surface area contributed by atoms with Crippen molar-refractivity contribution in [2.24, 2.45) is 23.7 Å². The fourth-order valence-electron chi connectivity index (χ4n) is 10.1. The highest BCUT2D eigenvalue weighted by molar-refractivity contribution is 6.09. The maximum Gasteiger partial charge on any atom is 0.137 e. The van der Waals surface area contributed by atoms with E-state index in [1.807, 2.05) is 29.0 Å². The maximum absolute atomic E-state index is 6.50. The molecule has 0 atom stereocenters. The fourth-order valence-corrected chi connectivity index (χ4v) is 10.1. The molecule has 4 saturated carbocycles. The highest BCUT2D eigenvalue weighted by Gasteiger charge is 2.58. The lowest BCUT2D eigenvalue weighted by molar-refractivity contribution is -0.0418. The van der Waals surface area contributed by atoms with Crippen molar-refractivity contribution in [3.63, 3.8) is 0 Å². The second-order valence-electron chi connectivity index (χ2n) is 14.0. The van der Waals surface area contributed by atoms with Crippen LogP contribution in [0.2, 0.25) is 0 Å². The van der Waals surface area contributed by atoms with E-state index in [0.29, 0.717) is 11.8 Å². The first-order valence-electron chi connectivity index (χ1n) is 17.1. The lowest BCUT2D eigenvalue weighted by Crippen LogP contribution is -2.56. The van der Waals surface area contributed by atoms with E-state index in [2.05, 4.69) is 107 Å². The van der Waals surface area contributed by atoms with Gasteiger partial charge in [-0.2, -0.15) is 0 Å². The number of ether oxygens (including phenoxy) is 1. The molecule has 4 fully saturated rings. The van der Waals surface area contributed by atoms with Crippen LogP contribution in [0, 0.1) is 23.7 Å². The van der Waals surface area contributed by atoms with Crippen LogP contribution in [-0.2, 0) is 5.41 Å². The normalized spacial score (nSPS) is 24.7. The van der Waals surface area contributed by atoms with Crippen molar-refractivity contribution < 1.29 is 4.74 Å². The van der Waals surface area contributed by atoms with Crippen molar-refractivity contribution in [2.75, 3.05) is 0 Å². The molecule has 4 aliphatic rings. The number of rotatable bonds is 6. The van der Waals surface area contributed by atoms with Crippen LogP contribution in [0.25, 0.3) is 33.3 Å². The molecular weight excluding hydrogens is 576 g/mol. The third-order valence-corrected chi connectivity index (χ3v) is 11.6. The van der Waals surface area contributed by atoms with Crippen LogP contribution in [0.4, 0.5) is 0 Å². The number of aromatic nitrogens is 4. The summed E-state index contributed by atoms with van der Waals surface area (Å²) in [6.45, 7) is 0. The van der Waals surface area contributed by atoms with Crippen LogP contribution in [-0.4, -0.2) is 19.1 Å². The minimum Gasteiger partial charge on any atom is -0.457 e. The first-order valence-corrected chi connectivity index (χ1v) is 17.1. The average Bonchev–Trinajstić information content (AvgIpc) is 3.76. The molecule has 0 unspecified atom stereocenters. The number of fused-ring (bicyclic) bond motifs is 3. The standard InChI is InChI=1S/C42H36N4O/c1-2-7-30(8-3-1)42(32-20-28-19-29(22-32)23-33(42)21-28)31-15-16-44-41(24-31)46-39-12-5-4-11-37(39)38-14-13-36(26-40(38)46)47-35-10-6-9-34(25-35)45-18-17-43-27-45/h1-18,24-29,32-33H,19-23H2. The Bertz CT molecular complexity index is 2220. The predicted octanol–water partition coefficient (Wildman–Crippen LogP) is 9.90. The molecule has 230 valence electrons. The van der Waals surface area contributed by atoms with Crippen molar-refractivity contribution in [1.82, 2.24) is 19.1 Å². The van der Waals surface area contributed by atoms with Crippen LogP contribution >= 0.6 is 0 Å². The summed E-state index contributed by atoms with van der Waals surface area (Å²) < 4.78 is 10.8. The van der Waals surface area contributed by atoms with Crippen molar-refractivity contribution in [3.8, 4) is 23.0 Å². The van der Waals surface area contributed by atoms with E-state index in [1.54, 1.807) is 12.5 Å². The number of benzene rings is 4. The van der Waals surface area contributed by atoms with Gasteiger partial charge in [-0.15, -0.1) is 0 Å². The van der Waals surface area contributed by atoms with Crippen molar-refractivity contribution in [1.29, 1.82) is 0 Å². The number of pyridine rings is 1. The molecule has 0 N–H and O–H groups in total. The summed E-state index contributed by atoms with van der Waals surface area (Å²) in [6.07, 6.45) is 14.4. The zero-order valence-corrected chi connectivity index (χ0v) is 26.2. The third kappa shape index (κ3) is 4.15. The molecule has 0 aliphatic heterocycles. The molecule has 0 amide bonds. The van der Waals surface area contributed by atoms with E-state index in [4.69, 9.17) is 9.72 Å². The molecule has 5 nitrogen and oxygen atoms in total. The Kier molecular flexibility index (Phi) is 5.99. The Morgan fingerprint density at radius 1 is 0.617 bits per heavy atom. The zero-order chi connectivity index (χ0) is 31.0. The van der Waals surface area contributed by atoms with Gasteiger partial charge in [0.25, 0.3) is 0 Å². The number of imidazole rings is 1. The first kappa shape index (κ1) is 27.0. The lowest BCUT2D eigenvalue weighted by atomic mass is 9.42. The van der Waals surface area contributed by atoms with Gasteiger partial charge >= 0.3 is 0 Å². The number of nitrogens with zero attached hydrogens (tertiary/aromatic N) is 4. The van der Waals surface area contributed by atoms with Crippen LogP contribution in [0.5, 0.6) is 11.5 Å². The van der Waals surface area contributed by atoms with Gasteiger partial charge < -0.3 is 9.30 Å². The van der Waals surface area contributed by atoms with Crippen LogP contribution in [0.1, 0.15) is 43.2 Å². The molecule has 4 aromatic carbocycles. The van der Waals surface area contributed by atoms with Gasteiger partial charge in [0.05, 0.1) is 23.0 Å². The Labute approximate surface area is 274 Å². The highest BCUT2D eigenvalue weighted by atomic mass is 16.5. The molecule has 0 saturated heterocycles. The summed E-state index contributed by atoms with van der Waals surface area (Å²) in [7, 11) is 0. The number of hydrogen-bond donors (Lipinski definition) is 0. The van der Waals surface area contributed by atoms with Crippen molar-refractivity contribution in [2.45, 2.75) is 37.5 Å². The van der Waals surface area contributed by atoms with Crippen molar-refractivity contribution in [3.05, 3.63) is 145 Å². The van der Waals surface area contributed by atoms with Gasteiger partial charge in [-0.25, -0.2) is 9.97 Å². The molecule has 0 radical (unpaired) electrons. The highest BCUT2D eigenvalue weighted by Crippen LogP contribution is 2.65. The molecule has 11 rings (SSSR count). The molecule has 7 aromatic rings. The molecule has 4 bridgehead atoms. The van der Waals surface area contributed by atoms with Crippen LogP contribution in [0.3, 0.4) is 0 Å². The summed E-state index contributed by atoms with van der Waals surface area (Å²) in [6, 6.07) is 39.4. The van der Waals surface area contributed by atoms with Crippen LogP contribution in [0.15, 0.2) is 134 Å². The number of hydrogen-bond acceptors (Lipinski definition) is 3. The van der Waals surface area contributed by atoms with E-state index in [1.165, 1.54) is 54.0 Å². The van der Waals surface area contributed by atoms with Gasteiger partial charge in [-0.3, -0.25) is 4.57 Å². The molecular formula is C42H36N4O. The second kappa shape index (κ2) is 10.4. The fraction of sp³-hybridized carbons (Fsp3) is 0.238. The minimum absolute atomic E-state index is 0.0274. The van der Waals surface area contributed by atoms with Crippen LogP contribution < -0.4 is 4.74 Å². The molecule has 3 heterocycles. The maximum atomic E-state index is 6.50. The molecule has 4 aliphatic carbocycles. The van der Waals surface area contributed by atoms with Gasteiger partial charge in [0.15, 0.2) is 0 Å². The lowest BCUT2D eigenvalue weighted by Gasteiger charge is -2.62. The first-order chi connectivity index (χ1) is 23.2. The largest absolute Gasteiger partial charge is 0.457 e. The summed E-state index contributed by atoms with van der Waals surface area (Å²) in [4.78, 5) is 9.28. The Morgan fingerprint density at radius 2 is 1.38 bits per heavy atom. The summed E-state index contributed by atoms with van der Waals surface area (Å²) in [5.41, 5.74) is 6.20. The summed E-state index contributed by atoms with van der Waals surface area (Å²) in [5, 5.41) is 2.41. The number of para-hydroxylation sites is 1. The smallest absolute Gasteiger partial charge is 0.137 e. The van der Waals surface area contributed by atoms with Gasteiger partial charge in [0.2, 0.25) is 0 Å². The van der Waals surface area contributed by atoms with E-state index >= 15 is 0 Å². The van der Waals surface area contributed by atoms with Gasteiger partial charge in [0.1, 0.15) is 17.3 Å². The Morgan fingerprint density at radius 3 is 2.19 bits per heavy atom. The zero-order valence-electron chi connectivity index (χ0n) is 26.2. The third-order valence-electron chi connectivity index (χ3n) is 11.6. The summed E-state index contributed by atoms with van der Waals surface area (Å²) >= 11 is 0. The molecule has 3 aromatic heterocycles. The quantitative estimate of drug-likeness (QED) is 0.188. The minimum atomic E-state index is 0.0274. The molecule has 5 heteroatoms. The van der Waals surface area contributed by atoms with Gasteiger partial charge in [0, 0.05) is 46.9 Å². The van der Waals surface area contributed by atoms with Gasteiger partial charge in [-0.1, -0.05) is 54.6 Å². The van der Waals surface area contributed by atoms with E-state index in [9.17, 15) is 0 Å². The second-order valence-corrected chi connectivity index (χ2v) is 14.0. The Balaban J connectivity index is 1.12. The monoisotopic (exact) mass is 612 g/mol. The van der Waals surface area contributed by atoms with Crippen molar-refractivity contribution >= 4 is 21.8 Å². The van der Waals surface area contributed by atoms with Gasteiger partial charge in [-0.05, 0) is 109 Å². The van der Waals surface area contributed by atoms with E-state index in [-0.39, 0.29) is 5.41 Å². The van der Waals surface area contributed by atoms with E-state index in [0.717, 1.165) is 45.9 Å². The molecule has 0 spiro atoms.